The van der Waals surface area contributed by atoms with E-state index >= 15 is 0 Å². The third kappa shape index (κ3) is 3.80. The molecule has 2 heterocycles. The molecule has 0 unspecified atom stereocenters. The Labute approximate surface area is 128 Å². The first-order chi connectivity index (χ1) is 9.60. The van der Waals surface area contributed by atoms with Gasteiger partial charge < -0.3 is 4.74 Å². The van der Waals surface area contributed by atoms with E-state index in [0.717, 1.165) is 6.20 Å². The van der Waals surface area contributed by atoms with Crippen LogP contribution in [0.3, 0.4) is 0 Å². The van der Waals surface area contributed by atoms with Gasteiger partial charge in [0.2, 0.25) is 0 Å². The normalized spacial score (nSPS) is 10.2. The maximum absolute atomic E-state index is 12.8. The van der Waals surface area contributed by atoms with Crippen LogP contribution < -0.4 is 4.74 Å². The van der Waals surface area contributed by atoms with Crippen LogP contribution in [0.15, 0.2) is 24.5 Å². The van der Waals surface area contributed by atoms with Crippen LogP contribution >= 0.6 is 30.1 Å². The number of rotatable bonds is 3. The molecule has 2 aromatic heterocycles. The second-order valence-electron chi connectivity index (χ2n) is 3.31. The van der Waals surface area contributed by atoms with E-state index in [1.165, 1.54) is 31.9 Å². The van der Waals surface area contributed by atoms with Gasteiger partial charge in [-0.3, -0.25) is 0 Å². The van der Waals surface area contributed by atoms with Gasteiger partial charge in [-0.15, -0.1) is 5.10 Å². The molecule has 4 nitrogen and oxygen atoms in total. The molecule has 2 aromatic rings. The van der Waals surface area contributed by atoms with Crippen molar-refractivity contribution in [3.8, 4) is 22.9 Å². The molecule has 2 rings (SSSR count). The quantitative estimate of drug-likeness (QED) is 0.574. The summed E-state index contributed by atoms with van der Waals surface area (Å²) in [6, 6.07) is 2.54. The predicted octanol–water partition coefficient (Wildman–Crippen LogP) is 3.40. The molecule has 20 heavy (non-hydrogen) atoms. The molecule has 0 saturated heterocycles. The summed E-state index contributed by atoms with van der Waals surface area (Å²) in [6.07, 6.45) is 2.38. The zero-order valence-corrected chi connectivity index (χ0v) is 12.5. The number of hydrogen-bond acceptors (Lipinski definition) is 4. The molecular formula is C11H5F3IN3OS. The van der Waals surface area contributed by atoms with E-state index < -0.39 is 12.4 Å². The van der Waals surface area contributed by atoms with Gasteiger partial charge in [0.05, 0.1) is 12.4 Å². The Morgan fingerprint density at radius 1 is 1.40 bits per heavy atom. The van der Waals surface area contributed by atoms with E-state index in [1.54, 1.807) is 0 Å². The molecule has 0 aliphatic rings. The SMILES string of the molecule is Fc1ccc(-n2cc(C#CSI)c(OC(F)F)n2)nc1. The average molecular weight is 411 g/mol. The Kier molecular flexibility index (Phi) is 5.13. The lowest BCUT2D eigenvalue weighted by molar-refractivity contribution is -0.0532. The van der Waals surface area contributed by atoms with Crippen molar-refractivity contribution >= 4 is 30.1 Å². The van der Waals surface area contributed by atoms with Crippen molar-refractivity contribution in [2.75, 3.05) is 0 Å². The van der Waals surface area contributed by atoms with Crippen molar-refractivity contribution in [3.05, 3.63) is 35.9 Å². The molecule has 0 spiro atoms. The van der Waals surface area contributed by atoms with Crippen molar-refractivity contribution in [2.45, 2.75) is 6.61 Å². The van der Waals surface area contributed by atoms with Gasteiger partial charge in [0, 0.05) is 21.2 Å². The van der Waals surface area contributed by atoms with Crippen molar-refractivity contribution in [2.24, 2.45) is 0 Å². The summed E-state index contributed by atoms with van der Waals surface area (Å²) >= 11 is 1.95. The van der Waals surface area contributed by atoms with Crippen LogP contribution in [0.5, 0.6) is 5.88 Å². The molecule has 0 saturated carbocycles. The fourth-order valence-electron chi connectivity index (χ4n) is 1.31. The lowest BCUT2D eigenvalue weighted by Crippen LogP contribution is -2.04. The summed E-state index contributed by atoms with van der Waals surface area (Å²) in [5, 5.41) is 6.47. The summed E-state index contributed by atoms with van der Waals surface area (Å²) in [7, 11) is 1.19. The van der Waals surface area contributed by atoms with Gasteiger partial charge in [-0.2, -0.15) is 8.78 Å². The fraction of sp³-hybridized carbons (Fsp3) is 0.0909. The summed E-state index contributed by atoms with van der Waals surface area (Å²) in [6.45, 7) is -3.01. The minimum absolute atomic E-state index is 0.195. The van der Waals surface area contributed by atoms with Crippen molar-refractivity contribution < 1.29 is 17.9 Å². The predicted molar refractivity (Wildman–Crippen MR) is 76.4 cm³/mol. The number of ether oxygens (including phenoxy) is 1. The molecule has 0 N–H and O–H groups in total. The van der Waals surface area contributed by atoms with E-state index in [0.29, 0.717) is 0 Å². The molecular weight excluding hydrogens is 406 g/mol. The molecule has 104 valence electrons. The number of alkyl halides is 2. The van der Waals surface area contributed by atoms with E-state index in [9.17, 15) is 13.2 Å². The maximum Gasteiger partial charge on any atom is 0.388 e. The second kappa shape index (κ2) is 6.85. The number of hydrogen-bond donors (Lipinski definition) is 0. The zero-order valence-electron chi connectivity index (χ0n) is 9.56. The topological polar surface area (TPSA) is 39.9 Å². The van der Waals surface area contributed by atoms with E-state index in [4.69, 9.17) is 0 Å². The summed E-state index contributed by atoms with van der Waals surface area (Å²) < 4.78 is 42.9. The second-order valence-corrected chi connectivity index (χ2v) is 4.99. The summed E-state index contributed by atoms with van der Waals surface area (Å²) in [5.41, 5.74) is 0.195. The molecule has 0 aliphatic heterocycles. The highest BCUT2D eigenvalue weighted by Crippen LogP contribution is 2.20. The lowest BCUT2D eigenvalue weighted by Gasteiger charge is -2.00. The summed E-state index contributed by atoms with van der Waals surface area (Å²) in [4.78, 5) is 3.79. The minimum Gasteiger partial charge on any atom is -0.414 e. The number of halogens is 4. The molecule has 0 aliphatic carbocycles. The van der Waals surface area contributed by atoms with Gasteiger partial charge >= 0.3 is 6.61 Å². The largest absolute Gasteiger partial charge is 0.414 e. The molecule has 9 heteroatoms. The first-order valence-corrected chi connectivity index (χ1v) is 8.41. The fourth-order valence-corrected chi connectivity index (χ4v) is 1.79. The summed E-state index contributed by atoms with van der Waals surface area (Å²) in [5.74, 6) is 2.09. The van der Waals surface area contributed by atoms with Crippen LogP contribution in [0, 0.1) is 17.0 Å². The molecule has 0 radical (unpaired) electrons. The maximum atomic E-state index is 12.8. The number of nitrogens with zero attached hydrogens (tertiary/aromatic N) is 3. The zero-order chi connectivity index (χ0) is 14.5. The Morgan fingerprint density at radius 2 is 2.20 bits per heavy atom. The Hall–Kier alpha value is -1.41. The van der Waals surface area contributed by atoms with Gasteiger partial charge in [0.25, 0.3) is 5.88 Å². The van der Waals surface area contributed by atoms with E-state index in [1.807, 2.05) is 21.2 Å². The van der Waals surface area contributed by atoms with Crippen LogP contribution in [0.1, 0.15) is 5.56 Å². The van der Waals surface area contributed by atoms with Crippen molar-refractivity contribution in [1.29, 1.82) is 0 Å². The van der Waals surface area contributed by atoms with Crippen LogP contribution in [0.4, 0.5) is 13.2 Å². The molecule has 0 bridgehead atoms. The third-order valence-corrected chi connectivity index (χ3v) is 2.89. The first kappa shape index (κ1) is 15.0. The average Bonchev–Trinajstić information content (AvgIpc) is 2.79. The van der Waals surface area contributed by atoms with Gasteiger partial charge in [0.15, 0.2) is 5.82 Å². The third-order valence-electron chi connectivity index (χ3n) is 2.05. The smallest absolute Gasteiger partial charge is 0.388 e. The van der Waals surface area contributed by atoms with Gasteiger partial charge in [-0.05, 0) is 32.2 Å². The Balaban J connectivity index is 2.39. The number of aromatic nitrogens is 3. The standard InChI is InChI=1S/C11H5F3IN3OS/c12-8-1-2-9(16-5-8)18-6-7(3-4-20-15)10(17-18)19-11(13)14/h1-2,5-6,11H. The molecule has 0 aromatic carbocycles. The number of pyridine rings is 1. The van der Waals surface area contributed by atoms with Crippen molar-refractivity contribution in [1.82, 2.24) is 14.8 Å². The Morgan fingerprint density at radius 3 is 2.80 bits per heavy atom. The van der Waals surface area contributed by atoms with Crippen LogP contribution in [-0.2, 0) is 0 Å². The van der Waals surface area contributed by atoms with Gasteiger partial charge in [-0.1, -0.05) is 0 Å². The highest BCUT2D eigenvalue weighted by molar-refractivity contribution is 14.2. The van der Waals surface area contributed by atoms with E-state index in [-0.39, 0.29) is 17.3 Å². The molecule has 0 fully saturated rings. The highest BCUT2D eigenvalue weighted by atomic mass is 127. The minimum atomic E-state index is -3.01. The Bertz CT molecular complexity index is 651. The monoisotopic (exact) mass is 411 g/mol. The molecule has 0 amide bonds. The van der Waals surface area contributed by atoms with E-state index in [2.05, 4.69) is 26.0 Å². The lowest BCUT2D eigenvalue weighted by atomic mass is 10.4. The van der Waals surface area contributed by atoms with Gasteiger partial charge in [-0.25, -0.2) is 14.1 Å². The first-order valence-electron chi connectivity index (χ1n) is 5.05. The van der Waals surface area contributed by atoms with Crippen LogP contribution in [0.2, 0.25) is 0 Å². The highest BCUT2D eigenvalue weighted by Gasteiger charge is 2.14. The van der Waals surface area contributed by atoms with Crippen LogP contribution in [-0.4, -0.2) is 21.4 Å². The van der Waals surface area contributed by atoms with Crippen molar-refractivity contribution in [3.63, 3.8) is 0 Å². The van der Waals surface area contributed by atoms with Gasteiger partial charge in [0.1, 0.15) is 11.4 Å². The van der Waals surface area contributed by atoms with Crippen LogP contribution in [0.25, 0.3) is 5.82 Å². The molecule has 0 atom stereocenters.